The second-order valence-corrected chi connectivity index (χ2v) is 6.33. The standard InChI is InChI=1S/C19H17N5O2.C2HF3O2/c20-12-14-7-8-18(23-13-14)21-9-4-10-22-19(25)16-11-17(26-24-16)15-5-2-1-3-6-15;3-2(4,5)1(6)7/h1-3,5-8,11,13H,4,9-10H2,(H,21,23)(H,22,25);(H,6,7). The minimum atomic E-state index is -5.08. The average molecular weight is 461 g/mol. The van der Waals surface area contributed by atoms with E-state index >= 15 is 0 Å². The summed E-state index contributed by atoms with van der Waals surface area (Å²) in [6.07, 6.45) is -2.85. The number of aromatic nitrogens is 2. The number of amides is 1. The smallest absolute Gasteiger partial charge is 0.475 e. The van der Waals surface area contributed by atoms with Gasteiger partial charge in [0, 0.05) is 30.9 Å². The highest BCUT2D eigenvalue weighted by Gasteiger charge is 2.38. The topological polar surface area (TPSA) is 141 Å². The third kappa shape index (κ3) is 8.33. The minimum absolute atomic E-state index is 0.255. The Labute approximate surface area is 185 Å². The molecule has 2 aromatic heterocycles. The molecule has 0 aliphatic rings. The van der Waals surface area contributed by atoms with Crippen LogP contribution >= 0.6 is 0 Å². The van der Waals surface area contributed by atoms with Gasteiger partial charge in [-0.25, -0.2) is 9.78 Å². The van der Waals surface area contributed by atoms with Crippen LogP contribution in [0.4, 0.5) is 19.0 Å². The van der Waals surface area contributed by atoms with Crippen LogP contribution in [0.3, 0.4) is 0 Å². The van der Waals surface area contributed by atoms with Crippen molar-refractivity contribution in [2.75, 3.05) is 18.4 Å². The molecule has 0 spiro atoms. The molecule has 172 valence electrons. The van der Waals surface area contributed by atoms with Crippen molar-refractivity contribution in [2.45, 2.75) is 12.6 Å². The Morgan fingerprint density at radius 3 is 2.39 bits per heavy atom. The summed E-state index contributed by atoms with van der Waals surface area (Å²) in [5, 5.41) is 25.6. The number of rotatable bonds is 7. The fourth-order valence-electron chi connectivity index (χ4n) is 2.28. The van der Waals surface area contributed by atoms with Crippen LogP contribution in [0, 0.1) is 11.3 Å². The van der Waals surface area contributed by atoms with Gasteiger partial charge in [0.25, 0.3) is 5.91 Å². The van der Waals surface area contributed by atoms with E-state index in [4.69, 9.17) is 19.7 Å². The van der Waals surface area contributed by atoms with Crippen molar-refractivity contribution in [3.63, 3.8) is 0 Å². The number of anilines is 1. The summed E-state index contributed by atoms with van der Waals surface area (Å²) in [6.45, 7) is 1.14. The van der Waals surface area contributed by atoms with Gasteiger partial charge in [-0.2, -0.15) is 18.4 Å². The number of carbonyl (C=O) groups is 2. The monoisotopic (exact) mass is 461 g/mol. The van der Waals surface area contributed by atoms with E-state index in [1.54, 1.807) is 18.2 Å². The molecule has 0 aliphatic carbocycles. The van der Waals surface area contributed by atoms with E-state index < -0.39 is 12.1 Å². The van der Waals surface area contributed by atoms with E-state index in [1.807, 2.05) is 36.4 Å². The molecule has 3 N–H and O–H groups in total. The first-order valence-electron chi connectivity index (χ1n) is 9.41. The van der Waals surface area contributed by atoms with Gasteiger partial charge in [-0.05, 0) is 18.6 Å². The van der Waals surface area contributed by atoms with Gasteiger partial charge in [0.1, 0.15) is 11.9 Å². The van der Waals surface area contributed by atoms with E-state index in [1.165, 1.54) is 6.20 Å². The van der Waals surface area contributed by atoms with Gasteiger partial charge in [0.05, 0.1) is 5.56 Å². The number of pyridine rings is 1. The molecule has 0 bridgehead atoms. The lowest BCUT2D eigenvalue weighted by Crippen LogP contribution is -2.26. The van der Waals surface area contributed by atoms with Crippen LogP contribution in [-0.4, -0.2) is 46.4 Å². The summed E-state index contributed by atoms with van der Waals surface area (Å²) >= 11 is 0. The maximum Gasteiger partial charge on any atom is 0.490 e. The van der Waals surface area contributed by atoms with E-state index in [0.29, 0.717) is 30.2 Å². The number of hydrogen-bond donors (Lipinski definition) is 3. The van der Waals surface area contributed by atoms with Gasteiger partial charge in [-0.1, -0.05) is 35.5 Å². The maximum absolute atomic E-state index is 12.1. The van der Waals surface area contributed by atoms with Gasteiger partial charge in [0.2, 0.25) is 0 Å². The molecule has 0 radical (unpaired) electrons. The Morgan fingerprint density at radius 2 is 1.82 bits per heavy atom. The Morgan fingerprint density at radius 1 is 1.12 bits per heavy atom. The molecular weight excluding hydrogens is 443 g/mol. The normalized spacial score (nSPS) is 10.4. The molecule has 0 fully saturated rings. The van der Waals surface area contributed by atoms with Crippen molar-refractivity contribution >= 4 is 17.7 Å². The maximum atomic E-state index is 12.1. The molecule has 0 atom stereocenters. The summed E-state index contributed by atoms with van der Waals surface area (Å²) in [7, 11) is 0. The number of aliphatic carboxylic acids is 1. The first-order chi connectivity index (χ1) is 15.7. The molecule has 1 aromatic carbocycles. The Hall–Kier alpha value is -4.40. The molecule has 0 saturated heterocycles. The molecule has 0 unspecified atom stereocenters. The van der Waals surface area contributed by atoms with Crippen molar-refractivity contribution in [2.24, 2.45) is 0 Å². The fourth-order valence-corrected chi connectivity index (χ4v) is 2.28. The van der Waals surface area contributed by atoms with Crippen molar-refractivity contribution in [3.05, 3.63) is 66.0 Å². The number of carboxylic acid groups (broad SMARTS) is 1. The third-order valence-electron chi connectivity index (χ3n) is 3.88. The predicted octanol–water partition coefficient (Wildman–Crippen LogP) is 3.47. The number of nitrogens with zero attached hydrogens (tertiary/aromatic N) is 3. The number of carbonyl (C=O) groups excluding carboxylic acids is 1. The first-order valence-corrected chi connectivity index (χ1v) is 9.41. The highest BCUT2D eigenvalue weighted by Crippen LogP contribution is 2.19. The predicted molar refractivity (Wildman–Crippen MR) is 110 cm³/mol. The number of nitriles is 1. The highest BCUT2D eigenvalue weighted by molar-refractivity contribution is 5.93. The second kappa shape index (κ2) is 11.8. The lowest BCUT2D eigenvalue weighted by molar-refractivity contribution is -0.192. The Bertz CT molecular complexity index is 1090. The highest BCUT2D eigenvalue weighted by atomic mass is 19.4. The second-order valence-electron chi connectivity index (χ2n) is 6.33. The number of halogens is 3. The quantitative estimate of drug-likeness (QED) is 0.454. The summed E-state index contributed by atoms with van der Waals surface area (Å²) in [5.41, 5.74) is 1.65. The summed E-state index contributed by atoms with van der Waals surface area (Å²) in [4.78, 5) is 25.1. The van der Waals surface area contributed by atoms with Crippen LogP contribution in [-0.2, 0) is 4.79 Å². The average Bonchev–Trinajstić information content (AvgIpc) is 3.30. The number of carboxylic acids is 1. The Balaban J connectivity index is 0.000000479. The minimum Gasteiger partial charge on any atom is -0.475 e. The molecule has 12 heteroatoms. The fraction of sp³-hybridized carbons (Fsp3) is 0.190. The molecule has 2 heterocycles. The summed E-state index contributed by atoms with van der Waals surface area (Å²) < 4.78 is 37.0. The van der Waals surface area contributed by atoms with Crippen LogP contribution < -0.4 is 10.6 Å². The van der Waals surface area contributed by atoms with Gasteiger partial charge >= 0.3 is 12.1 Å². The summed E-state index contributed by atoms with van der Waals surface area (Å²) in [6, 6.07) is 16.6. The van der Waals surface area contributed by atoms with Crippen molar-refractivity contribution in [1.29, 1.82) is 5.26 Å². The number of alkyl halides is 3. The number of benzene rings is 1. The van der Waals surface area contributed by atoms with Crippen molar-refractivity contribution < 1.29 is 32.4 Å². The van der Waals surface area contributed by atoms with Gasteiger partial charge in [-0.15, -0.1) is 0 Å². The van der Waals surface area contributed by atoms with Crippen molar-refractivity contribution in [3.8, 4) is 17.4 Å². The largest absolute Gasteiger partial charge is 0.490 e. The lowest BCUT2D eigenvalue weighted by atomic mass is 10.1. The van der Waals surface area contributed by atoms with Crippen LogP contribution in [0.2, 0.25) is 0 Å². The molecule has 0 aliphatic heterocycles. The molecule has 1 amide bonds. The number of nitrogens with one attached hydrogen (secondary N) is 2. The Kier molecular flexibility index (Phi) is 8.93. The summed E-state index contributed by atoms with van der Waals surface area (Å²) in [5.74, 6) is -1.77. The van der Waals surface area contributed by atoms with Gasteiger partial charge in [0.15, 0.2) is 11.5 Å². The van der Waals surface area contributed by atoms with Crippen LogP contribution in [0.25, 0.3) is 11.3 Å². The lowest BCUT2D eigenvalue weighted by Gasteiger charge is -2.06. The van der Waals surface area contributed by atoms with Gasteiger partial charge < -0.3 is 20.3 Å². The first kappa shape index (κ1) is 24.9. The molecule has 3 aromatic rings. The van der Waals surface area contributed by atoms with Crippen LogP contribution in [0.5, 0.6) is 0 Å². The molecule has 3 rings (SSSR count). The van der Waals surface area contributed by atoms with E-state index in [2.05, 4.69) is 20.8 Å². The zero-order valence-electron chi connectivity index (χ0n) is 17.0. The van der Waals surface area contributed by atoms with Crippen LogP contribution in [0.15, 0.2) is 59.3 Å². The zero-order chi connectivity index (χ0) is 24.3. The molecule has 9 nitrogen and oxygen atoms in total. The molecule has 33 heavy (non-hydrogen) atoms. The zero-order valence-corrected chi connectivity index (χ0v) is 17.0. The van der Waals surface area contributed by atoms with E-state index in [-0.39, 0.29) is 11.6 Å². The SMILES string of the molecule is N#Cc1ccc(NCCCNC(=O)c2cc(-c3ccccc3)on2)nc1.O=C(O)C(F)(F)F. The van der Waals surface area contributed by atoms with E-state index in [0.717, 1.165) is 12.0 Å². The van der Waals surface area contributed by atoms with Crippen LogP contribution in [0.1, 0.15) is 22.5 Å². The van der Waals surface area contributed by atoms with Gasteiger partial charge in [-0.3, -0.25) is 4.79 Å². The molecular formula is C21H18F3N5O4. The third-order valence-corrected chi connectivity index (χ3v) is 3.88. The molecule has 0 saturated carbocycles. The van der Waals surface area contributed by atoms with Crippen molar-refractivity contribution in [1.82, 2.24) is 15.5 Å². The number of hydrogen-bond acceptors (Lipinski definition) is 7. The van der Waals surface area contributed by atoms with E-state index in [9.17, 15) is 18.0 Å².